The first-order valence-corrected chi connectivity index (χ1v) is 14.3. The fraction of sp³-hybridized carbons (Fsp3) is 0.958. The lowest BCUT2D eigenvalue weighted by molar-refractivity contribution is 0.277. The zero-order valence-electron chi connectivity index (χ0n) is 23.2. The van der Waals surface area contributed by atoms with Crippen LogP contribution in [0.25, 0.3) is 0 Å². The monoisotopic (exact) mass is 506 g/mol. The molecule has 0 aliphatic carbocycles. The molecule has 0 rings (SSSR count). The van der Waals surface area contributed by atoms with E-state index in [1.54, 1.807) is 56.9 Å². The van der Waals surface area contributed by atoms with E-state index < -0.39 is 15.7 Å². The third-order valence-corrected chi connectivity index (χ3v) is 9.46. The third kappa shape index (κ3) is 26.7. The summed E-state index contributed by atoms with van der Waals surface area (Å²) in [6.07, 6.45) is 8.47. The normalized spacial score (nSPS) is 14.2. The van der Waals surface area contributed by atoms with Gasteiger partial charge in [0.05, 0.1) is 0 Å². The summed E-state index contributed by atoms with van der Waals surface area (Å²) in [4.78, 5) is 0. The molecular weight excluding hydrogens is 446 g/mol. The Bertz CT molecular complexity index is 372. The molecule has 0 radical (unpaired) electrons. The lowest BCUT2D eigenvalue weighted by Gasteiger charge is -2.26. The molecule has 0 aromatic carbocycles. The molecule has 0 saturated heterocycles. The Morgan fingerprint density at radius 1 is 0.656 bits per heavy atom. The Labute approximate surface area is 204 Å². The van der Waals surface area contributed by atoms with Gasteiger partial charge < -0.3 is 27.6 Å². The Balaban J connectivity index is -0.000000119. The lowest BCUT2D eigenvalue weighted by Crippen LogP contribution is -2.13. The highest BCUT2D eigenvalue weighted by Crippen LogP contribution is 2.48. The fourth-order valence-electron chi connectivity index (χ4n) is 2.29. The number of rotatable bonds is 12. The van der Waals surface area contributed by atoms with Crippen molar-refractivity contribution in [3.8, 4) is 0 Å². The maximum atomic E-state index is 5.33. The minimum absolute atomic E-state index is 0. The van der Waals surface area contributed by atoms with Crippen LogP contribution in [0.3, 0.4) is 0 Å². The molecule has 32 heavy (non-hydrogen) atoms. The molecule has 0 aromatic rings. The van der Waals surface area contributed by atoms with Crippen LogP contribution >= 0.6 is 15.7 Å². The van der Waals surface area contributed by atoms with Crippen molar-refractivity contribution in [2.45, 2.75) is 61.8 Å². The predicted molar refractivity (Wildman–Crippen MR) is 149 cm³/mol. The molecule has 0 aliphatic heterocycles. The minimum atomic E-state index is -1.80. The van der Waals surface area contributed by atoms with Crippen molar-refractivity contribution >= 4 is 22.0 Å². The van der Waals surface area contributed by atoms with E-state index in [9.17, 15) is 0 Å². The zero-order valence-corrected chi connectivity index (χ0v) is 25.0. The fourth-order valence-corrected chi connectivity index (χ4v) is 5.25. The molecule has 0 spiro atoms. The van der Waals surface area contributed by atoms with Crippen LogP contribution in [0, 0.1) is 23.7 Å². The van der Waals surface area contributed by atoms with Gasteiger partial charge in [0.25, 0.3) is 0 Å². The van der Waals surface area contributed by atoms with Crippen molar-refractivity contribution in [2.24, 2.45) is 23.7 Å². The van der Waals surface area contributed by atoms with Crippen molar-refractivity contribution in [2.75, 3.05) is 69.2 Å². The largest absolute Gasteiger partial charge is 0.388 e. The van der Waals surface area contributed by atoms with E-state index in [1.165, 1.54) is 12.8 Å². The molecule has 0 amide bonds. The maximum Gasteiger partial charge on any atom is 0.170 e. The summed E-state index contributed by atoms with van der Waals surface area (Å²) in [6, 6.07) is 0. The first-order valence-electron chi connectivity index (χ1n) is 11.0. The van der Waals surface area contributed by atoms with Crippen molar-refractivity contribution in [3.63, 3.8) is 0 Å². The minimum Gasteiger partial charge on any atom is -0.388 e. The van der Waals surface area contributed by atoms with Crippen LogP contribution in [0.15, 0.2) is 0 Å². The highest BCUT2D eigenvalue weighted by atomic mass is 31.2. The average molecular weight is 507 g/mol. The Hall–Kier alpha value is 0.490. The SMILES string of the molecule is C.C=P(CC(C)C(C)CC)(OC)OC.CCC(C)C(C)CP(OC)OC.COC.COC. The first-order chi connectivity index (χ1) is 14.5. The summed E-state index contributed by atoms with van der Waals surface area (Å²) in [6.45, 7) is 13.5. The predicted octanol–water partition coefficient (Wildman–Crippen LogP) is 7.68. The third-order valence-electron chi connectivity index (χ3n) is 5.31. The van der Waals surface area contributed by atoms with Gasteiger partial charge in [-0.2, -0.15) is 0 Å². The summed E-state index contributed by atoms with van der Waals surface area (Å²) < 4.78 is 29.6. The first kappa shape index (κ1) is 42.6. The van der Waals surface area contributed by atoms with E-state index in [1.807, 2.05) is 0 Å². The molecule has 8 heteroatoms. The molecule has 0 saturated carbocycles. The molecule has 0 fully saturated rings. The van der Waals surface area contributed by atoms with Gasteiger partial charge in [-0.25, -0.2) is 0 Å². The highest BCUT2D eigenvalue weighted by molar-refractivity contribution is 7.64. The second-order valence-electron chi connectivity index (χ2n) is 7.78. The van der Waals surface area contributed by atoms with Gasteiger partial charge in [-0.15, -0.1) is 0 Å². The van der Waals surface area contributed by atoms with Crippen molar-refractivity contribution in [3.05, 3.63) is 0 Å². The molecule has 202 valence electrons. The summed E-state index contributed by atoms with van der Waals surface area (Å²) in [7, 11) is 10.9. The van der Waals surface area contributed by atoms with Gasteiger partial charge in [-0.3, -0.25) is 0 Å². The van der Waals surface area contributed by atoms with E-state index in [0.717, 1.165) is 18.2 Å². The Morgan fingerprint density at radius 3 is 1.22 bits per heavy atom. The summed E-state index contributed by atoms with van der Waals surface area (Å²) in [5.74, 6) is 2.79. The molecule has 4 atom stereocenters. The van der Waals surface area contributed by atoms with Gasteiger partial charge in [-0.05, 0) is 23.7 Å². The topological polar surface area (TPSA) is 55.4 Å². The van der Waals surface area contributed by atoms with E-state index in [0.29, 0.717) is 17.8 Å². The Morgan fingerprint density at radius 2 is 0.969 bits per heavy atom. The smallest absolute Gasteiger partial charge is 0.170 e. The molecule has 0 bridgehead atoms. The van der Waals surface area contributed by atoms with E-state index in [2.05, 4.69) is 57.3 Å². The molecule has 0 heterocycles. The van der Waals surface area contributed by atoms with E-state index in [-0.39, 0.29) is 7.43 Å². The van der Waals surface area contributed by atoms with E-state index >= 15 is 0 Å². The molecule has 0 aromatic heterocycles. The van der Waals surface area contributed by atoms with Gasteiger partial charge in [0.2, 0.25) is 0 Å². The molecule has 4 unspecified atom stereocenters. The van der Waals surface area contributed by atoms with Crippen molar-refractivity contribution in [1.82, 2.24) is 0 Å². The van der Waals surface area contributed by atoms with Gasteiger partial charge in [-0.1, -0.05) is 68.1 Å². The molecule has 0 N–H and O–H groups in total. The standard InChI is InChI=1S/C10H23O2P.C9H21O2P.2C2H6O.CH4/c1-7-9(2)10(3)8-13(6,11-4)12-5;1-6-8(2)9(3)7-12(10-4)11-5;2*1-3-2;/h9-10H,6-8H2,1-5H3;8-9H,6-7H2,1-5H3;2*1-2H3;1H4. The van der Waals surface area contributed by atoms with Crippen LogP contribution in [0.1, 0.15) is 61.8 Å². The number of methoxy groups -OCH3 is 2. The summed E-state index contributed by atoms with van der Waals surface area (Å²) in [5, 5.41) is 0. The summed E-state index contributed by atoms with van der Waals surface area (Å²) >= 11 is 0. The number of hydrogen-bond acceptors (Lipinski definition) is 6. The van der Waals surface area contributed by atoms with Gasteiger partial charge >= 0.3 is 0 Å². The van der Waals surface area contributed by atoms with Crippen LogP contribution in [0.5, 0.6) is 0 Å². The van der Waals surface area contributed by atoms with Crippen LogP contribution in [-0.4, -0.2) is 75.5 Å². The number of hydrogen-bond donors (Lipinski definition) is 0. The van der Waals surface area contributed by atoms with Crippen LogP contribution < -0.4 is 0 Å². The molecule has 6 nitrogen and oxygen atoms in total. The van der Waals surface area contributed by atoms with Gasteiger partial charge in [0, 0.05) is 69.2 Å². The highest BCUT2D eigenvalue weighted by Gasteiger charge is 2.20. The van der Waals surface area contributed by atoms with E-state index in [4.69, 9.17) is 18.1 Å². The zero-order chi connectivity index (χ0) is 25.5. The summed E-state index contributed by atoms with van der Waals surface area (Å²) in [5.41, 5.74) is 0. The second-order valence-corrected chi connectivity index (χ2v) is 12.3. The van der Waals surface area contributed by atoms with Crippen LogP contribution in [0.4, 0.5) is 0 Å². The molecular formula is C24H60O6P2. The lowest BCUT2D eigenvalue weighted by atomic mass is 9.96. The molecule has 0 aliphatic rings. The maximum absolute atomic E-state index is 5.33. The quantitative estimate of drug-likeness (QED) is 0.253. The van der Waals surface area contributed by atoms with Crippen LogP contribution in [0.2, 0.25) is 0 Å². The van der Waals surface area contributed by atoms with Crippen molar-refractivity contribution < 1.29 is 27.6 Å². The average Bonchev–Trinajstić information content (AvgIpc) is 2.77. The van der Waals surface area contributed by atoms with Crippen molar-refractivity contribution in [1.29, 1.82) is 0 Å². The van der Waals surface area contributed by atoms with Gasteiger partial charge in [0.15, 0.2) is 8.38 Å². The number of ether oxygens (including phenoxy) is 2. The van der Waals surface area contributed by atoms with Gasteiger partial charge in [0.1, 0.15) is 7.34 Å². The van der Waals surface area contributed by atoms with Crippen LogP contribution in [-0.2, 0) is 27.6 Å². The second kappa shape index (κ2) is 29.5. The Kier molecular flexibility index (Phi) is 39.3.